The number of carbonyl (C=O) groups excluding carboxylic acids is 1. The minimum atomic E-state index is -0.0205. The van der Waals surface area contributed by atoms with Gasteiger partial charge in [-0.05, 0) is 55.0 Å². The van der Waals surface area contributed by atoms with E-state index in [9.17, 15) is 9.90 Å². The summed E-state index contributed by atoms with van der Waals surface area (Å²) < 4.78 is 5.61. The van der Waals surface area contributed by atoms with Gasteiger partial charge in [-0.25, -0.2) is 0 Å². The summed E-state index contributed by atoms with van der Waals surface area (Å²) in [6.07, 6.45) is 4.20. The number of aromatic amines is 1. The van der Waals surface area contributed by atoms with E-state index in [0.29, 0.717) is 23.7 Å². The number of H-pyrrole nitrogens is 1. The highest BCUT2D eigenvalue weighted by molar-refractivity contribution is 5.88. The molecule has 4 heterocycles. The molecule has 2 N–H and O–H groups in total. The van der Waals surface area contributed by atoms with Gasteiger partial charge in [0.1, 0.15) is 5.75 Å². The van der Waals surface area contributed by atoms with E-state index in [1.165, 1.54) is 11.6 Å². The molecular weight excluding hydrogens is 392 g/mol. The molecule has 0 bridgehead atoms. The van der Waals surface area contributed by atoms with Crippen molar-refractivity contribution in [3.05, 3.63) is 54.2 Å². The van der Waals surface area contributed by atoms with Crippen molar-refractivity contribution < 1.29 is 14.6 Å². The fraction of sp³-hybridized carbons (Fsp3) is 0.375. The van der Waals surface area contributed by atoms with Gasteiger partial charge in [0.25, 0.3) is 0 Å². The van der Waals surface area contributed by atoms with Crippen molar-refractivity contribution in [1.82, 2.24) is 20.1 Å². The molecule has 1 unspecified atom stereocenters. The molecule has 0 aliphatic carbocycles. The summed E-state index contributed by atoms with van der Waals surface area (Å²) in [7, 11) is 0. The van der Waals surface area contributed by atoms with Crippen LogP contribution in [0.1, 0.15) is 42.4 Å². The molecule has 2 fully saturated rings. The molecule has 160 valence electrons. The maximum absolute atomic E-state index is 12.1. The fourth-order valence-corrected chi connectivity index (χ4v) is 4.92. The zero-order valence-corrected chi connectivity index (χ0v) is 17.4. The monoisotopic (exact) mass is 418 g/mol. The van der Waals surface area contributed by atoms with Crippen LogP contribution in [0.5, 0.6) is 5.75 Å². The van der Waals surface area contributed by atoms with Gasteiger partial charge in [0.15, 0.2) is 5.65 Å². The summed E-state index contributed by atoms with van der Waals surface area (Å²) in [6.45, 7) is 6.51. The predicted molar refractivity (Wildman–Crippen MR) is 118 cm³/mol. The summed E-state index contributed by atoms with van der Waals surface area (Å²) >= 11 is 0. The molecule has 5 rings (SSSR count). The smallest absolute Gasteiger partial charge is 0.245 e. The lowest BCUT2D eigenvalue weighted by atomic mass is 9.86. The molecular formula is C24H26N4O3. The van der Waals surface area contributed by atoms with E-state index < -0.39 is 0 Å². The molecule has 1 atom stereocenters. The Balaban J connectivity index is 1.61. The Morgan fingerprint density at radius 1 is 1.19 bits per heavy atom. The second-order valence-corrected chi connectivity index (χ2v) is 8.32. The first-order valence-electron chi connectivity index (χ1n) is 10.8. The van der Waals surface area contributed by atoms with E-state index >= 15 is 0 Å². The Labute approximate surface area is 180 Å². The van der Waals surface area contributed by atoms with E-state index in [4.69, 9.17) is 4.74 Å². The number of carbonyl (C=O) groups is 1. The summed E-state index contributed by atoms with van der Waals surface area (Å²) in [5.74, 6) is 0.759. The van der Waals surface area contributed by atoms with Crippen LogP contribution in [0.3, 0.4) is 0 Å². The Bertz CT molecular complexity index is 1130. The van der Waals surface area contributed by atoms with Crippen LogP contribution in [0.15, 0.2) is 43.0 Å². The number of rotatable bonds is 4. The fourth-order valence-electron chi connectivity index (χ4n) is 4.92. The average molecular weight is 418 g/mol. The number of phenols is 1. The van der Waals surface area contributed by atoms with Gasteiger partial charge in [-0.15, -0.1) is 10.2 Å². The predicted octanol–water partition coefficient (Wildman–Crippen LogP) is 3.73. The standard InChI is InChI=1S/C24H26N4O3/c1-2-21(30)28-10-7-16(14-28)23-22(15-8-11-31-12-9-15)18-13-19(26-27-24(18)25-23)17-5-3-4-6-20(17)29/h2-6,13,15-16,29H,1,7-12,14H2,(H,25,27). The Hall–Kier alpha value is -3.19. The highest BCUT2D eigenvalue weighted by Crippen LogP contribution is 2.41. The normalized spacial score (nSPS) is 19.7. The lowest BCUT2D eigenvalue weighted by molar-refractivity contribution is -0.125. The van der Waals surface area contributed by atoms with Gasteiger partial charge in [0.2, 0.25) is 5.91 Å². The van der Waals surface area contributed by atoms with E-state index in [1.54, 1.807) is 12.1 Å². The molecule has 0 spiro atoms. The third-order valence-electron chi connectivity index (χ3n) is 6.52. The number of aromatic hydroxyl groups is 1. The number of nitrogens with zero attached hydrogens (tertiary/aromatic N) is 3. The number of fused-ring (bicyclic) bond motifs is 1. The van der Waals surface area contributed by atoms with Gasteiger partial charge in [0, 0.05) is 48.9 Å². The molecule has 2 aromatic heterocycles. The first kappa shape index (κ1) is 19.8. The quantitative estimate of drug-likeness (QED) is 0.630. The molecule has 7 heteroatoms. The lowest BCUT2D eigenvalue weighted by Crippen LogP contribution is -2.26. The van der Waals surface area contributed by atoms with Crippen molar-refractivity contribution >= 4 is 16.9 Å². The Morgan fingerprint density at radius 3 is 2.77 bits per heavy atom. The van der Waals surface area contributed by atoms with Crippen molar-refractivity contribution in [2.24, 2.45) is 0 Å². The molecule has 31 heavy (non-hydrogen) atoms. The number of nitrogens with one attached hydrogen (secondary N) is 1. The lowest BCUT2D eigenvalue weighted by Gasteiger charge is -2.24. The average Bonchev–Trinajstić information content (AvgIpc) is 3.44. The van der Waals surface area contributed by atoms with E-state index in [1.807, 2.05) is 23.1 Å². The molecule has 2 aliphatic rings. The molecule has 0 saturated carbocycles. The van der Waals surface area contributed by atoms with Crippen LogP contribution in [0.4, 0.5) is 0 Å². The minimum absolute atomic E-state index is 0.0205. The van der Waals surface area contributed by atoms with Crippen molar-refractivity contribution in [3.63, 3.8) is 0 Å². The molecule has 2 saturated heterocycles. The molecule has 3 aromatic rings. The van der Waals surface area contributed by atoms with E-state index in [-0.39, 0.29) is 17.6 Å². The number of likely N-dealkylation sites (tertiary alicyclic amines) is 1. The van der Waals surface area contributed by atoms with Gasteiger partial charge in [-0.2, -0.15) is 0 Å². The van der Waals surface area contributed by atoms with Gasteiger partial charge < -0.3 is 19.7 Å². The number of phenolic OH excluding ortho intramolecular Hbond substituents is 1. The number of amides is 1. The second-order valence-electron chi connectivity index (χ2n) is 8.32. The van der Waals surface area contributed by atoms with Crippen LogP contribution in [-0.4, -0.2) is 57.4 Å². The number of hydrogen-bond acceptors (Lipinski definition) is 5. The summed E-state index contributed by atoms with van der Waals surface area (Å²) in [5.41, 5.74) is 4.50. The number of ether oxygens (including phenoxy) is 1. The number of aromatic nitrogens is 3. The largest absolute Gasteiger partial charge is 0.507 e. The van der Waals surface area contributed by atoms with Crippen LogP contribution >= 0.6 is 0 Å². The zero-order valence-electron chi connectivity index (χ0n) is 17.4. The van der Waals surface area contributed by atoms with Crippen LogP contribution in [-0.2, 0) is 9.53 Å². The third-order valence-corrected chi connectivity index (χ3v) is 6.52. The van der Waals surface area contributed by atoms with Crippen LogP contribution < -0.4 is 0 Å². The van der Waals surface area contributed by atoms with Gasteiger partial charge in [-0.3, -0.25) is 4.79 Å². The minimum Gasteiger partial charge on any atom is -0.507 e. The maximum atomic E-state index is 12.1. The molecule has 1 aromatic carbocycles. The van der Waals surface area contributed by atoms with Crippen LogP contribution in [0, 0.1) is 0 Å². The van der Waals surface area contributed by atoms with Crippen molar-refractivity contribution in [2.45, 2.75) is 31.1 Å². The number of benzene rings is 1. The number of hydrogen-bond donors (Lipinski definition) is 2. The van der Waals surface area contributed by atoms with Crippen molar-refractivity contribution in [2.75, 3.05) is 26.3 Å². The molecule has 7 nitrogen and oxygen atoms in total. The van der Waals surface area contributed by atoms with Gasteiger partial charge in [-0.1, -0.05) is 18.7 Å². The van der Waals surface area contributed by atoms with E-state index in [2.05, 4.69) is 21.8 Å². The maximum Gasteiger partial charge on any atom is 0.245 e. The number of para-hydroxylation sites is 1. The first-order chi connectivity index (χ1) is 15.2. The third kappa shape index (κ3) is 3.59. The van der Waals surface area contributed by atoms with E-state index in [0.717, 1.165) is 55.7 Å². The summed E-state index contributed by atoms with van der Waals surface area (Å²) in [5, 5.41) is 20.2. The SMILES string of the molecule is C=CC(=O)N1CCC(c2[nH]c3nnc(-c4ccccc4O)cc3c2C2CCOCC2)C1. The Morgan fingerprint density at radius 2 is 2.00 bits per heavy atom. The highest BCUT2D eigenvalue weighted by Gasteiger charge is 2.33. The molecule has 1 amide bonds. The highest BCUT2D eigenvalue weighted by atomic mass is 16.5. The van der Waals surface area contributed by atoms with Gasteiger partial charge in [0.05, 0.1) is 5.69 Å². The summed E-state index contributed by atoms with van der Waals surface area (Å²) in [4.78, 5) is 17.5. The first-order valence-corrected chi connectivity index (χ1v) is 10.8. The van der Waals surface area contributed by atoms with Crippen molar-refractivity contribution in [3.8, 4) is 17.0 Å². The summed E-state index contributed by atoms with van der Waals surface area (Å²) in [6, 6.07) is 9.22. The second kappa shape index (κ2) is 8.15. The Kier molecular flexibility index (Phi) is 5.19. The zero-order chi connectivity index (χ0) is 21.4. The van der Waals surface area contributed by atoms with Crippen molar-refractivity contribution in [1.29, 1.82) is 0 Å². The van der Waals surface area contributed by atoms with Crippen LogP contribution in [0.25, 0.3) is 22.3 Å². The van der Waals surface area contributed by atoms with Crippen LogP contribution in [0.2, 0.25) is 0 Å². The topological polar surface area (TPSA) is 91.3 Å². The molecule has 0 radical (unpaired) electrons. The van der Waals surface area contributed by atoms with Gasteiger partial charge >= 0.3 is 0 Å². The molecule has 2 aliphatic heterocycles.